The van der Waals surface area contributed by atoms with Crippen molar-refractivity contribution in [2.45, 2.75) is 51.0 Å². The zero-order valence-corrected chi connectivity index (χ0v) is 14.4. The standard InChI is InChI=1S/C10H26N4.C6H14N2/c11-5-3-9-13-7-1-2-8-14-10-4-6-12;7-5-6-3-1-2-4-8-6/h13-14H,1-12H2;6,8H,1-5,7H2. The molecule has 0 radical (unpaired) electrons. The van der Waals surface area contributed by atoms with Crippen molar-refractivity contribution >= 4 is 0 Å². The second-order valence-electron chi connectivity index (χ2n) is 5.87. The Balaban J connectivity index is 0.000000461. The van der Waals surface area contributed by atoms with E-state index in [1.807, 2.05) is 0 Å². The smallest absolute Gasteiger partial charge is 0.0190 e. The number of hydrogen-bond acceptors (Lipinski definition) is 6. The molecular weight excluding hydrogens is 276 g/mol. The molecule has 1 aliphatic rings. The van der Waals surface area contributed by atoms with Gasteiger partial charge in [0.15, 0.2) is 0 Å². The number of hydrogen-bond donors (Lipinski definition) is 6. The summed E-state index contributed by atoms with van der Waals surface area (Å²) in [5.41, 5.74) is 16.2. The summed E-state index contributed by atoms with van der Waals surface area (Å²) in [4.78, 5) is 0. The van der Waals surface area contributed by atoms with Crippen molar-refractivity contribution in [3.8, 4) is 0 Å². The van der Waals surface area contributed by atoms with E-state index in [0.717, 1.165) is 58.7 Å². The molecule has 134 valence electrons. The fourth-order valence-corrected chi connectivity index (χ4v) is 2.33. The lowest BCUT2D eigenvalue weighted by Crippen LogP contribution is -2.39. The van der Waals surface area contributed by atoms with Gasteiger partial charge in [-0.15, -0.1) is 0 Å². The van der Waals surface area contributed by atoms with Gasteiger partial charge in [-0.05, 0) is 84.3 Å². The second kappa shape index (κ2) is 18.8. The van der Waals surface area contributed by atoms with Gasteiger partial charge in [-0.3, -0.25) is 0 Å². The molecule has 0 saturated carbocycles. The van der Waals surface area contributed by atoms with Gasteiger partial charge in [0, 0.05) is 12.6 Å². The van der Waals surface area contributed by atoms with Gasteiger partial charge in [-0.2, -0.15) is 0 Å². The summed E-state index contributed by atoms with van der Waals surface area (Å²) in [5, 5.41) is 10.1. The van der Waals surface area contributed by atoms with Crippen LogP contribution in [-0.4, -0.2) is 58.4 Å². The topological polar surface area (TPSA) is 114 Å². The predicted molar refractivity (Wildman–Crippen MR) is 97.0 cm³/mol. The Labute approximate surface area is 137 Å². The highest BCUT2D eigenvalue weighted by molar-refractivity contribution is 4.71. The summed E-state index contributed by atoms with van der Waals surface area (Å²) in [6.45, 7) is 7.87. The molecule has 0 aromatic heterocycles. The maximum atomic E-state index is 5.44. The van der Waals surface area contributed by atoms with Crippen molar-refractivity contribution in [2.75, 3.05) is 52.4 Å². The zero-order valence-electron chi connectivity index (χ0n) is 14.4. The van der Waals surface area contributed by atoms with Crippen LogP contribution >= 0.6 is 0 Å². The average molecular weight is 317 g/mol. The zero-order chi connectivity index (χ0) is 16.3. The number of nitrogens with two attached hydrogens (primary N) is 3. The van der Waals surface area contributed by atoms with E-state index < -0.39 is 0 Å². The fourth-order valence-electron chi connectivity index (χ4n) is 2.33. The van der Waals surface area contributed by atoms with Gasteiger partial charge in [-0.1, -0.05) is 6.42 Å². The third-order valence-electron chi connectivity index (χ3n) is 3.77. The molecule has 0 aromatic carbocycles. The maximum Gasteiger partial charge on any atom is 0.0190 e. The lowest BCUT2D eigenvalue weighted by atomic mass is 10.1. The number of unbranched alkanes of at least 4 members (excludes halogenated alkanes) is 1. The van der Waals surface area contributed by atoms with Crippen LogP contribution in [0.3, 0.4) is 0 Å². The molecule has 1 heterocycles. The molecule has 1 fully saturated rings. The van der Waals surface area contributed by atoms with Crippen LogP contribution in [0, 0.1) is 0 Å². The van der Waals surface area contributed by atoms with Crippen molar-refractivity contribution in [1.82, 2.24) is 16.0 Å². The highest BCUT2D eigenvalue weighted by atomic mass is 14.9. The normalized spacial score (nSPS) is 17.9. The first kappa shape index (κ1) is 21.8. The first-order chi connectivity index (χ1) is 10.8. The Morgan fingerprint density at radius 1 is 0.773 bits per heavy atom. The van der Waals surface area contributed by atoms with Crippen LogP contribution in [0.15, 0.2) is 0 Å². The quantitative estimate of drug-likeness (QED) is 0.276. The van der Waals surface area contributed by atoms with Crippen LogP contribution < -0.4 is 33.2 Å². The Hall–Kier alpha value is -0.240. The molecule has 0 aliphatic carbocycles. The van der Waals surface area contributed by atoms with Crippen molar-refractivity contribution in [1.29, 1.82) is 0 Å². The van der Waals surface area contributed by atoms with Gasteiger partial charge in [0.05, 0.1) is 0 Å². The molecule has 1 unspecified atom stereocenters. The van der Waals surface area contributed by atoms with Crippen LogP contribution in [0.4, 0.5) is 0 Å². The van der Waals surface area contributed by atoms with Crippen LogP contribution in [0.25, 0.3) is 0 Å². The molecule has 1 saturated heterocycles. The van der Waals surface area contributed by atoms with E-state index in [0.29, 0.717) is 6.04 Å². The SMILES string of the molecule is NCC1CCCCN1.NCCCNCCCCNCCCN. The molecule has 1 atom stereocenters. The summed E-state index contributed by atoms with van der Waals surface area (Å²) in [6.07, 6.45) is 8.59. The Kier molecular flexibility index (Phi) is 18.6. The van der Waals surface area contributed by atoms with Crippen molar-refractivity contribution in [3.05, 3.63) is 0 Å². The molecule has 0 bridgehead atoms. The van der Waals surface area contributed by atoms with Gasteiger partial charge in [0.2, 0.25) is 0 Å². The first-order valence-electron chi connectivity index (χ1n) is 9.10. The van der Waals surface area contributed by atoms with Crippen LogP contribution in [-0.2, 0) is 0 Å². The molecule has 1 rings (SSSR count). The fraction of sp³-hybridized carbons (Fsp3) is 1.00. The third-order valence-corrected chi connectivity index (χ3v) is 3.77. The van der Waals surface area contributed by atoms with E-state index in [2.05, 4.69) is 16.0 Å². The molecule has 6 nitrogen and oxygen atoms in total. The van der Waals surface area contributed by atoms with E-state index >= 15 is 0 Å². The van der Waals surface area contributed by atoms with E-state index in [1.54, 1.807) is 0 Å². The molecule has 0 amide bonds. The van der Waals surface area contributed by atoms with Crippen molar-refractivity contribution in [2.24, 2.45) is 17.2 Å². The summed E-state index contributed by atoms with van der Waals surface area (Å²) in [7, 11) is 0. The molecule has 6 heteroatoms. The predicted octanol–water partition coefficient (Wildman–Crippen LogP) is -0.269. The lowest BCUT2D eigenvalue weighted by molar-refractivity contribution is 0.407. The number of rotatable bonds is 12. The highest BCUT2D eigenvalue weighted by Crippen LogP contribution is 2.04. The molecule has 0 aromatic rings. The van der Waals surface area contributed by atoms with Crippen LogP contribution in [0.2, 0.25) is 0 Å². The van der Waals surface area contributed by atoms with Crippen molar-refractivity contribution in [3.63, 3.8) is 0 Å². The van der Waals surface area contributed by atoms with Gasteiger partial charge in [-0.25, -0.2) is 0 Å². The van der Waals surface area contributed by atoms with E-state index in [1.165, 1.54) is 38.6 Å². The number of piperidine rings is 1. The maximum absolute atomic E-state index is 5.44. The first-order valence-corrected chi connectivity index (χ1v) is 9.10. The summed E-state index contributed by atoms with van der Waals surface area (Å²) < 4.78 is 0. The van der Waals surface area contributed by atoms with Crippen molar-refractivity contribution < 1.29 is 0 Å². The minimum atomic E-state index is 0.615. The largest absolute Gasteiger partial charge is 0.330 e. The summed E-state index contributed by atoms with van der Waals surface area (Å²) >= 11 is 0. The summed E-state index contributed by atoms with van der Waals surface area (Å²) in [6, 6.07) is 0.615. The van der Waals surface area contributed by atoms with Gasteiger partial charge in [0.1, 0.15) is 0 Å². The Morgan fingerprint density at radius 2 is 1.32 bits per heavy atom. The van der Waals surface area contributed by atoms with E-state index in [-0.39, 0.29) is 0 Å². The lowest BCUT2D eigenvalue weighted by Gasteiger charge is -2.21. The van der Waals surface area contributed by atoms with Crippen LogP contribution in [0.5, 0.6) is 0 Å². The molecular formula is C16H40N6. The van der Waals surface area contributed by atoms with Gasteiger partial charge >= 0.3 is 0 Å². The minimum Gasteiger partial charge on any atom is -0.330 e. The van der Waals surface area contributed by atoms with E-state index in [9.17, 15) is 0 Å². The number of nitrogens with one attached hydrogen (secondary N) is 3. The average Bonchev–Trinajstić information content (AvgIpc) is 2.58. The van der Waals surface area contributed by atoms with Gasteiger partial charge in [0.25, 0.3) is 0 Å². The molecule has 22 heavy (non-hydrogen) atoms. The minimum absolute atomic E-state index is 0.615. The molecule has 0 spiro atoms. The van der Waals surface area contributed by atoms with E-state index in [4.69, 9.17) is 17.2 Å². The molecule has 1 aliphatic heterocycles. The Bertz CT molecular complexity index is 185. The second-order valence-corrected chi connectivity index (χ2v) is 5.87. The Morgan fingerprint density at radius 3 is 1.68 bits per heavy atom. The highest BCUT2D eigenvalue weighted by Gasteiger charge is 2.08. The monoisotopic (exact) mass is 316 g/mol. The third kappa shape index (κ3) is 16.1. The van der Waals surface area contributed by atoms with Gasteiger partial charge < -0.3 is 33.2 Å². The molecule has 9 N–H and O–H groups in total. The van der Waals surface area contributed by atoms with Crippen LogP contribution in [0.1, 0.15) is 44.9 Å². The summed E-state index contributed by atoms with van der Waals surface area (Å²) in [5.74, 6) is 0.